The van der Waals surface area contributed by atoms with E-state index >= 15 is 0 Å². The lowest BCUT2D eigenvalue weighted by atomic mass is 9.94. The first-order chi connectivity index (χ1) is 15.5. The summed E-state index contributed by atoms with van der Waals surface area (Å²) in [6.45, 7) is 4.75. The Balaban J connectivity index is 1.77. The van der Waals surface area contributed by atoms with E-state index in [-0.39, 0.29) is 17.4 Å². The number of carbonyl (C=O) groups is 2. The fraction of sp³-hybridized carbons (Fsp3) is 0.407. The van der Waals surface area contributed by atoms with Crippen molar-refractivity contribution in [1.82, 2.24) is 4.90 Å². The van der Waals surface area contributed by atoms with Crippen molar-refractivity contribution in [2.24, 2.45) is 0 Å². The zero-order valence-electron chi connectivity index (χ0n) is 18.8. The number of hydrogen-bond donors (Lipinski definition) is 1. The molecule has 1 unspecified atom stereocenters. The molecule has 2 fully saturated rings. The summed E-state index contributed by atoms with van der Waals surface area (Å²) in [5, 5.41) is 11.2. The third-order valence-electron chi connectivity index (χ3n) is 6.50. The van der Waals surface area contributed by atoms with Crippen molar-refractivity contribution in [2.75, 3.05) is 6.61 Å². The van der Waals surface area contributed by atoms with Crippen LogP contribution >= 0.6 is 0 Å². The summed E-state index contributed by atoms with van der Waals surface area (Å²) >= 11 is 0. The van der Waals surface area contributed by atoms with Crippen LogP contribution in [0.4, 0.5) is 0 Å². The van der Waals surface area contributed by atoms with Crippen molar-refractivity contribution in [1.29, 1.82) is 0 Å². The van der Waals surface area contributed by atoms with Gasteiger partial charge in [-0.05, 0) is 61.1 Å². The number of likely N-dealkylation sites (tertiary alicyclic amines) is 1. The Morgan fingerprint density at radius 3 is 2.25 bits per heavy atom. The average Bonchev–Trinajstić information content (AvgIpc) is 3.44. The van der Waals surface area contributed by atoms with Crippen LogP contribution in [0.2, 0.25) is 0 Å². The van der Waals surface area contributed by atoms with Crippen molar-refractivity contribution in [3.8, 4) is 5.75 Å². The van der Waals surface area contributed by atoms with Gasteiger partial charge in [0.25, 0.3) is 11.7 Å². The number of nitrogens with zero attached hydrogens (tertiary/aromatic N) is 1. The molecule has 1 N–H and O–H groups in total. The number of carbonyl (C=O) groups excluding carboxylic acids is 2. The zero-order chi connectivity index (χ0) is 22.7. The summed E-state index contributed by atoms with van der Waals surface area (Å²) in [6.07, 6.45) is 5.70. The summed E-state index contributed by atoms with van der Waals surface area (Å²) in [5.41, 5.74) is 2.73. The number of ketones is 1. The van der Waals surface area contributed by atoms with Gasteiger partial charge in [0, 0.05) is 11.6 Å². The molecule has 5 heteroatoms. The van der Waals surface area contributed by atoms with Gasteiger partial charge in [0.15, 0.2) is 0 Å². The van der Waals surface area contributed by atoms with Gasteiger partial charge >= 0.3 is 0 Å². The van der Waals surface area contributed by atoms with Crippen LogP contribution in [0.5, 0.6) is 5.75 Å². The molecule has 0 aromatic heterocycles. The molecule has 1 atom stereocenters. The average molecular weight is 434 g/mol. The Kier molecular flexibility index (Phi) is 6.63. The molecular formula is C27H31NO4. The first-order valence-corrected chi connectivity index (χ1v) is 11.7. The number of aliphatic hydroxyl groups is 1. The van der Waals surface area contributed by atoms with Crippen molar-refractivity contribution >= 4 is 17.4 Å². The van der Waals surface area contributed by atoms with Crippen LogP contribution in [-0.4, -0.2) is 34.3 Å². The fourth-order valence-corrected chi connectivity index (χ4v) is 4.76. The molecule has 2 aromatic rings. The van der Waals surface area contributed by atoms with Gasteiger partial charge in [-0.25, -0.2) is 0 Å². The van der Waals surface area contributed by atoms with Crippen LogP contribution in [0.25, 0.3) is 5.76 Å². The van der Waals surface area contributed by atoms with Gasteiger partial charge in [-0.1, -0.05) is 51.0 Å². The number of rotatable bonds is 7. The number of benzene rings is 2. The van der Waals surface area contributed by atoms with Crippen molar-refractivity contribution in [3.63, 3.8) is 0 Å². The van der Waals surface area contributed by atoms with E-state index in [0.717, 1.165) is 44.1 Å². The predicted octanol–water partition coefficient (Wildman–Crippen LogP) is 5.40. The maximum Gasteiger partial charge on any atom is 0.295 e. The standard InChI is InChI=1S/C27H31NO4/c1-3-17-32-22-15-13-20(14-16-22)25(29)23-24(19-11-9-18(4-2)10-12-19)28(27(31)26(23)30)21-7-5-6-8-21/h9-16,21,24,29H,3-8,17H2,1-2H3/b25-23-. The van der Waals surface area contributed by atoms with Gasteiger partial charge in [0.2, 0.25) is 0 Å². The van der Waals surface area contributed by atoms with Crippen LogP contribution in [0.1, 0.15) is 68.7 Å². The van der Waals surface area contributed by atoms with E-state index in [1.807, 2.05) is 31.2 Å². The Morgan fingerprint density at radius 1 is 1.00 bits per heavy atom. The molecule has 0 radical (unpaired) electrons. The third-order valence-corrected chi connectivity index (χ3v) is 6.50. The molecule has 1 amide bonds. The molecule has 1 aliphatic carbocycles. The maximum atomic E-state index is 13.2. The molecule has 2 aromatic carbocycles. The molecule has 1 saturated carbocycles. The molecule has 5 nitrogen and oxygen atoms in total. The molecule has 0 spiro atoms. The van der Waals surface area contributed by atoms with E-state index in [1.54, 1.807) is 29.2 Å². The van der Waals surface area contributed by atoms with Crippen LogP contribution in [0.3, 0.4) is 0 Å². The lowest BCUT2D eigenvalue weighted by Crippen LogP contribution is -2.37. The normalized spacial score (nSPS) is 20.8. The summed E-state index contributed by atoms with van der Waals surface area (Å²) in [4.78, 5) is 28.0. The molecular weight excluding hydrogens is 402 g/mol. The van der Waals surface area contributed by atoms with E-state index in [1.165, 1.54) is 5.56 Å². The number of hydrogen-bond acceptors (Lipinski definition) is 4. The number of aryl methyl sites for hydroxylation is 1. The monoisotopic (exact) mass is 433 g/mol. The van der Waals surface area contributed by atoms with Gasteiger partial charge in [-0.2, -0.15) is 0 Å². The lowest BCUT2D eigenvalue weighted by molar-refractivity contribution is -0.141. The van der Waals surface area contributed by atoms with E-state index in [0.29, 0.717) is 17.9 Å². The van der Waals surface area contributed by atoms with Crippen LogP contribution in [0, 0.1) is 0 Å². The highest BCUT2D eigenvalue weighted by molar-refractivity contribution is 6.46. The predicted molar refractivity (Wildman–Crippen MR) is 124 cm³/mol. The van der Waals surface area contributed by atoms with E-state index < -0.39 is 17.7 Å². The third kappa shape index (κ3) is 4.16. The van der Waals surface area contributed by atoms with Gasteiger partial charge in [-0.3, -0.25) is 9.59 Å². The highest BCUT2D eigenvalue weighted by atomic mass is 16.5. The van der Waals surface area contributed by atoms with Crippen LogP contribution < -0.4 is 4.74 Å². The van der Waals surface area contributed by atoms with Crippen molar-refractivity contribution < 1.29 is 19.4 Å². The first kappa shape index (κ1) is 22.1. The van der Waals surface area contributed by atoms with Gasteiger partial charge in [0.1, 0.15) is 11.5 Å². The van der Waals surface area contributed by atoms with Crippen LogP contribution in [0.15, 0.2) is 54.1 Å². The molecule has 2 aliphatic rings. The highest BCUT2D eigenvalue weighted by Crippen LogP contribution is 2.43. The molecule has 4 rings (SSSR count). The highest BCUT2D eigenvalue weighted by Gasteiger charge is 2.49. The largest absolute Gasteiger partial charge is 0.507 e. The molecule has 0 bridgehead atoms. The Labute approximate surface area is 189 Å². The fourth-order valence-electron chi connectivity index (χ4n) is 4.76. The van der Waals surface area contributed by atoms with Gasteiger partial charge in [-0.15, -0.1) is 0 Å². The number of ether oxygens (including phenoxy) is 1. The number of aliphatic hydroxyl groups excluding tert-OH is 1. The Bertz CT molecular complexity index is 1000. The SMILES string of the molecule is CCCOc1ccc(/C(O)=C2/C(=O)C(=O)N(C3CCCC3)C2c2ccc(CC)cc2)cc1. The van der Waals surface area contributed by atoms with Gasteiger partial charge < -0.3 is 14.7 Å². The lowest BCUT2D eigenvalue weighted by Gasteiger charge is -2.30. The second-order valence-electron chi connectivity index (χ2n) is 8.61. The summed E-state index contributed by atoms with van der Waals surface area (Å²) in [7, 11) is 0. The quantitative estimate of drug-likeness (QED) is 0.361. The molecule has 1 heterocycles. The van der Waals surface area contributed by atoms with Crippen molar-refractivity contribution in [2.45, 2.75) is 64.5 Å². The van der Waals surface area contributed by atoms with Crippen molar-refractivity contribution in [3.05, 3.63) is 70.8 Å². The summed E-state index contributed by atoms with van der Waals surface area (Å²) < 4.78 is 5.62. The molecule has 32 heavy (non-hydrogen) atoms. The van der Waals surface area contributed by atoms with E-state index in [4.69, 9.17) is 4.74 Å². The zero-order valence-corrected chi connectivity index (χ0v) is 18.8. The first-order valence-electron chi connectivity index (χ1n) is 11.7. The Morgan fingerprint density at radius 2 is 1.66 bits per heavy atom. The summed E-state index contributed by atoms with van der Waals surface area (Å²) in [5.74, 6) is -0.534. The van der Waals surface area contributed by atoms with E-state index in [2.05, 4.69) is 6.92 Å². The maximum absolute atomic E-state index is 13.2. The minimum Gasteiger partial charge on any atom is -0.507 e. The summed E-state index contributed by atoms with van der Waals surface area (Å²) in [6, 6.07) is 14.5. The van der Waals surface area contributed by atoms with E-state index in [9.17, 15) is 14.7 Å². The molecule has 168 valence electrons. The second-order valence-corrected chi connectivity index (χ2v) is 8.61. The minimum absolute atomic E-state index is 0.0254. The smallest absolute Gasteiger partial charge is 0.295 e. The Hall–Kier alpha value is -3.08. The van der Waals surface area contributed by atoms with Gasteiger partial charge in [0.05, 0.1) is 18.2 Å². The molecule has 1 aliphatic heterocycles. The molecule has 1 saturated heterocycles. The number of amides is 1. The van der Waals surface area contributed by atoms with Crippen LogP contribution in [-0.2, 0) is 16.0 Å². The second kappa shape index (κ2) is 9.60. The minimum atomic E-state index is -0.606. The topological polar surface area (TPSA) is 66.8 Å². The number of Topliss-reactive ketones (excluding diaryl/α,β-unsaturated/α-hetero) is 1.